The molecule has 14 heavy (non-hydrogen) atoms. The Morgan fingerprint density at radius 3 is 2.79 bits per heavy atom. The molecular formula is C10H10LiNO2. The Morgan fingerprint density at radius 1 is 1.36 bits per heavy atom. The molecule has 68 valence electrons. The molecule has 1 aliphatic heterocycles. The maximum absolute atomic E-state index is 10.7. The van der Waals surface area contributed by atoms with E-state index in [0.717, 1.165) is 24.1 Å². The van der Waals surface area contributed by atoms with Gasteiger partial charge in [-0.2, -0.15) is 0 Å². The van der Waals surface area contributed by atoms with Crippen LogP contribution in [0.5, 0.6) is 0 Å². The molecule has 0 radical (unpaired) electrons. The van der Waals surface area contributed by atoms with E-state index in [0.29, 0.717) is 6.54 Å². The first-order chi connectivity index (χ1) is 6.29. The van der Waals surface area contributed by atoms with Gasteiger partial charge in [0.15, 0.2) is 0 Å². The number of carbonyl (C=O) groups is 1. The van der Waals surface area contributed by atoms with Crippen molar-refractivity contribution >= 4 is 11.8 Å². The van der Waals surface area contributed by atoms with Gasteiger partial charge in [0.05, 0.1) is 0 Å². The molecule has 4 heteroatoms. The first-order valence-electron chi connectivity index (χ1n) is 4.35. The standard InChI is InChI=1S/C10H11NO2.Li/c12-10(13)11-7-3-5-8-4-1-2-6-9(8)11;/h1-2,4,6H,3,5,7H2,(H,12,13);/q;+1/p-1. The zero-order valence-electron chi connectivity index (χ0n) is 8.19. The van der Waals surface area contributed by atoms with Crippen molar-refractivity contribution in [3.8, 4) is 0 Å². The van der Waals surface area contributed by atoms with Crippen LogP contribution in [0, 0.1) is 0 Å². The van der Waals surface area contributed by atoms with Crippen molar-refractivity contribution < 1.29 is 28.8 Å². The summed E-state index contributed by atoms with van der Waals surface area (Å²) in [4.78, 5) is 12.0. The Labute approximate surface area is 94.9 Å². The van der Waals surface area contributed by atoms with Crippen LogP contribution in [0.3, 0.4) is 0 Å². The molecular weight excluding hydrogens is 173 g/mol. The van der Waals surface area contributed by atoms with Crippen molar-refractivity contribution in [2.24, 2.45) is 0 Å². The van der Waals surface area contributed by atoms with Crippen LogP contribution in [0.4, 0.5) is 10.5 Å². The topological polar surface area (TPSA) is 43.4 Å². The van der Waals surface area contributed by atoms with Crippen LogP contribution in [-0.2, 0) is 6.42 Å². The molecule has 1 aliphatic rings. The maximum atomic E-state index is 10.7. The number of hydrogen-bond acceptors (Lipinski definition) is 2. The summed E-state index contributed by atoms with van der Waals surface area (Å²) in [6.07, 6.45) is 0.734. The second-order valence-electron chi connectivity index (χ2n) is 3.15. The van der Waals surface area contributed by atoms with Gasteiger partial charge in [-0.15, -0.1) is 0 Å². The molecule has 0 fully saturated rings. The third-order valence-electron chi connectivity index (χ3n) is 2.33. The zero-order chi connectivity index (χ0) is 9.26. The first-order valence-corrected chi connectivity index (χ1v) is 4.35. The largest absolute Gasteiger partial charge is 1.00 e. The Bertz CT molecular complexity index is 341. The second-order valence-corrected chi connectivity index (χ2v) is 3.15. The fraction of sp³-hybridized carbons (Fsp3) is 0.300. The van der Waals surface area contributed by atoms with E-state index in [1.807, 2.05) is 24.3 Å². The molecule has 0 unspecified atom stereocenters. The van der Waals surface area contributed by atoms with E-state index in [4.69, 9.17) is 0 Å². The average Bonchev–Trinajstić information content (AvgIpc) is 2.17. The number of carbonyl (C=O) groups excluding carboxylic acids is 1. The fourth-order valence-corrected chi connectivity index (χ4v) is 1.72. The molecule has 0 bridgehead atoms. The minimum atomic E-state index is -1.10. The molecule has 1 heterocycles. The van der Waals surface area contributed by atoms with Gasteiger partial charge in [0.25, 0.3) is 0 Å². The van der Waals surface area contributed by atoms with E-state index in [9.17, 15) is 9.90 Å². The molecule has 0 saturated carbocycles. The fourth-order valence-electron chi connectivity index (χ4n) is 1.72. The quantitative estimate of drug-likeness (QED) is 0.428. The summed E-state index contributed by atoms with van der Waals surface area (Å²) >= 11 is 0. The predicted octanol–water partition coefficient (Wildman–Crippen LogP) is -2.21. The number of anilines is 1. The van der Waals surface area contributed by atoms with E-state index in [-0.39, 0.29) is 18.9 Å². The van der Waals surface area contributed by atoms with Crippen molar-refractivity contribution in [2.45, 2.75) is 12.8 Å². The van der Waals surface area contributed by atoms with Gasteiger partial charge in [0.2, 0.25) is 0 Å². The number of rotatable bonds is 0. The van der Waals surface area contributed by atoms with E-state index in [1.165, 1.54) is 4.90 Å². The van der Waals surface area contributed by atoms with Crippen molar-refractivity contribution in [1.29, 1.82) is 0 Å². The van der Waals surface area contributed by atoms with Crippen LogP contribution in [0.1, 0.15) is 12.0 Å². The number of benzene rings is 1. The summed E-state index contributed by atoms with van der Waals surface area (Å²) in [5.74, 6) is 0. The van der Waals surface area contributed by atoms with E-state index < -0.39 is 6.09 Å². The third-order valence-corrected chi connectivity index (χ3v) is 2.33. The smallest absolute Gasteiger partial charge is 0.530 e. The normalized spacial score (nSPS) is 14.1. The van der Waals surface area contributed by atoms with Gasteiger partial charge in [-0.25, -0.2) is 0 Å². The number of amides is 1. The summed E-state index contributed by atoms with van der Waals surface area (Å²) < 4.78 is 0. The summed E-state index contributed by atoms with van der Waals surface area (Å²) in [6.45, 7) is 0.555. The SMILES string of the molecule is O=C([O-])N1CCCc2ccccc21.[Li+]. The van der Waals surface area contributed by atoms with Crippen molar-refractivity contribution in [1.82, 2.24) is 0 Å². The van der Waals surface area contributed by atoms with Crippen molar-refractivity contribution in [3.05, 3.63) is 29.8 Å². The molecule has 0 saturated heterocycles. The van der Waals surface area contributed by atoms with Gasteiger partial charge in [0.1, 0.15) is 6.09 Å². The maximum Gasteiger partial charge on any atom is 1.00 e. The number of carboxylic acid groups (broad SMARTS) is 1. The Balaban J connectivity index is 0.000000980. The molecule has 0 spiro atoms. The van der Waals surface area contributed by atoms with E-state index >= 15 is 0 Å². The van der Waals surface area contributed by atoms with E-state index in [2.05, 4.69) is 0 Å². The average molecular weight is 183 g/mol. The molecule has 1 aromatic rings. The van der Waals surface area contributed by atoms with Gasteiger partial charge in [0, 0.05) is 12.2 Å². The predicted molar refractivity (Wildman–Crippen MR) is 47.5 cm³/mol. The Kier molecular flexibility index (Phi) is 3.62. The van der Waals surface area contributed by atoms with Gasteiger partial charge >= 0.3 is 18.9 Å². The molecule has 0 aromatic heterocycles. The van der Waals surface area contributed by atoms with E-state index in [1.54, 1.807) is 0 Å². The minimum Gasteiger partial charge on any atom is -0.530 e. The van der Waals surface area contributed by atoms with Gasteiger partial charge in [-0.1, -0.05) is 18.2 Å². The Morgan fingerprint density at radius 2 is 2.07 bits per heavy atom. The van der Waals surface area contributed by atoms with Crippen molar-refractivity contribution in [2.75, 3.05) is 11.4 Å². The first kappa shape index (κ1) is 11.2. The van der Waals surface area contributed by atoms with Crippen LogP contribution in [0.15, 0.2) is 24.3 Å². The molecule has 1 aromatic carbocycles. The summed E-state index contributed by atoms with van der Waals surface area (Å²) in [6, 6.07) is 7.56. The molecule has 0 atom stereocenters. The summed E-state index contributed by atoms with van der Waals surface area (Å²) in [7, 11) is 0. The molecule has 3 nitrogen and oxygen atoms in total. The second kappa shape index (κ2) is 4.54. The zero-order valence-corrected chi connectivity index (χ0v) is 8.19. The Hall–Kier alpha value is -0.913. The number of hydrogen-bond donors (Lipinski definition) is 0. The van der Waals surface area contributed by atoms with Crippen LogP contribution < -0.4 is 28.9 Å². The summed E-state index contributed by atoms with van der Waals surface area (Å²) in [5, 5.41) is 10.7. The monoisotopic (exact) mass is 183 g/mol. The molecule has 0 aliphatic carbocycles. The number of aryl methyl sites for hydroxylation is 1. The minimum absolute atomic E-state index is 0. The molecule has 0 N–H and O–H groups in total. The van der Waals surface area contributed by atoms with Crippen LogP contribution in [0.2, 0.25) is 0 Å². The number of nitrogens with zero attached hydrogens (tertiary/aromatic N) is 1. The van der Waals surface area contributed by atoms with Crippen LogP contribution in [0.25, 0.3) is 0 Å². The third kappa shape index (κ3) is 1.94. The van der Waals surface area contributed by atoms with Gasteiger partial charge in [-0.05, 0) is 24.5 Å². The number of para-hydroxylation sites is 1. The number of fused-ring (bicyclic) bond motifs is 1. The molecule has 1 amide bonds. The molecule has 2 rings (SSSR count). The van der Waals surface area contributed by atoms with Gasteiger partial charge < -0.3 is 14.8 Å². The summed E-state index contributed by atoms with van der Waals surface area (Å²) in [5.41, 5.74) is 1.88. The van der Waals surface area contributed by atoms with Crippen LogP contribution >= 0.6 is 0 Å². The van der Waals surface area contributed by atoms with Gasteiger partial charge in [-0.3, -0.25) is 0 Å². The van der Waals surface area contributed by atoms with Crippen molar-refractivity contribution in [3.63, 3.8) is 0 Å². The van der Waals surface area contributed by atoms with Crippen LogP contribution in [-0.4, -0.2) is 12.6 Å².